The van der Waals surface area contributed by atoms with E-state index in [1.54, 1.807) is 17.0 Å². The maximum atomic E-state index is 11.8. The number of rotatable bonds is 5. The van der Waals surface area contributed by atoms with Gasteiger partial charge in [0.15, 0.2) is 5.69 Å². The second-order valence-corrected chi connectivity index (χ2v) is 7.13. The van der Waals surface area contributed by atoms with E-state index in [0.29, 0.717) is 28.4 Å². The third kappa shape index (κ3) is 3.30. The van der Waals surface area contributed by atoms with Crippen molar-refractivity contribution in [2.45, 2.75) is 27.2 Å². The fourth-order valence-electron chi connectivity index (χ4n) is 2.50. The van der Waals surface area contributed by atoms with Crippen LogP contribution in [0.1, 0.15) is 37.0 Å². The van der Waals surface area contributed by atoms with Gasteiger partial charge in [0.25, 0.3) is 0 Å². The molecule has 0 aliphatic heterocycles. The van der Waals surface area contributed by atoms with Gasteiger partial charge in [-0.15, -0.1) is 11.3 Å². The topological polar surface area (TPSA) is 57.0 Å². The molecule has 24 heavy (non-hydrogen) atoms. The lowest BCUT2D eigenvalue weighted by Gasteiger charge is -2.00. The average molecular weight is 364 g/mol. The summed E-state index contributed by atoms with van der Waals surface area (Å²) in [5.74, 6) is 0.0653. The lowest BCUT2D eigenvalue weighted by Crippen LogP contribution is -2.06. The summed E-state index contributed by atoms with van der Waals surface area (Å²) in [7, 11) is 0. The van der Waals surface area contributed by atoms with Gasteiger partial charge in [0, 0.05) is 15.8 Å². The van der Waals surface area contributed by atoms with Crippen molar-refractivity contribution < 1.29 is 9.53 Å². The van der Waals surface area contributed by atoms with Gasteiger partial charge in [0.05, 0.1) is 17.8 Å². The van der Waals surface area contributed by atoms with E-state index in [9.17, 15) is 4.79 Å². The minimum Gasteiger partial charge on any atom is -0.461 e. The lowest BCUT2D eigenvalue weighted by atomic mass is 10.1. The monoisotopic (exact) mass is 363 g/mol. The van der Waals surface area contributed by atoms with Crippen LogP contribution in [-0.2, 0) is 11.2 Å². The Labute approximate surface area is 149 Å². The molecule has 126 valence electrons. The number of ether oxygens (including phenoxy) is 1. The molecule has 2 heterocycles. The lowest BCUT2D eigenvalue weighted by molar-refractivity contribution is 0.0520. The number of thiazole rings is 1. The molecule has 0 N–H and O–H groups in total. The van der Waals surface area contributed by atoms with Crippen molar-refractivity contribution in [3.8, 4) is 5.13 Å². The van der Waals surface area contributed by atoms with Crippen LogP contribution in [0.2, 0.25) is 5.02 Å². The minimum absolute atomic E-state index is 0.299. The number of esters is 1. The maximum Gasteiger partial charge on any atom is 0.357 e. The highest BCUT2D eigenvalue weighted by molar-refractivity contribution is 7.12. The number of carbonyl (C=O) groups is 1. The van der Waals surface area contributed by atoms with Crippen LogP contribution in [0.25, 0.3) is 16.0 Å². The van der Waals surface area contributed by atoms with Crippen LogP contribution in [0.4, 0.5) is 0 Å². The molecular weight excluding hydrogens is 346 g/mol. The number of halogens is 1. The fraction of sp³-hybridized carbons (Fsp3) is 0.353. The summed E-state index contributed by atoms with van der Waals surface area (Å²) >= 11 is 7.51. The second-order valence-electron chi connectivity index (χ2n) is 5.85. The average Bonchev–Trinajstić information content (AvgIpc) is 3.12. The highest BCUT2D eigenvalue weighted by Crippen LogP contribution is 2.28. The summed E-state index contributed by atoms with van der Waals surface area (Å²) in [6, 6.07) is 5.73. The van der Waals surface area contributed by atoms with Crippen molar-refractivity contribution in [2.24, 2.45) is 5.92 Å². The molecule has 3 aromatic rings. The van der Waals surface area contributed by atoms with Gasteiger partial charge in [-0.05, 0) is 37.5 Å². The van der Waals surface area contributed by atoms with E-state index < -0.39 is 5.97 Å². The zero-order chi connectivity index (χ0) is 17.3. The van der Waals surface area contributed by atoms with Crippen LogP contribution < -0.4 is 0 Å². The Hall–Kier alpha value is -1.92. The number of hydrogen-bond acceptors (Lipinski definition) is 5. The number of aromatic nitrogens is 3. The Morgan fingerprint density at radius 1 is 1.42 bits per heavy atom. The predicted molar refractivity (Wildman–Crippen MR) is 96.3 cm³/mol. The Morgan fingerprint density at radius 2 is 2.21 bits per heavy atom. The molecule has 0 atom stereocenters. The number of fused-ring (bicyclic) bond motifs is 1. The van der Waals surface area contributed by atoms with Gasteiger partial charge >= 0.3 is 5.97 Å². The normalized spacial score (nSPS) is 11.4. The van der Waals surface area contributed by atoms with E-state index >= 15 is 0 Å². The van der Waals surface area contributed by atoms with E-state index in [-0.39, 0.29) is 0 Å². The van der Waals surface area contributed by atoms with Gasteiger partial charge in [-0.2, -0.15) is 5.10 Å². The van der Waals surface area contributed by atoms with Crippen molar-refractivity contribution in [1.29, 1.82) is 0 Å². The van der Waals surface area contributed by atoms with Gasteiger partial charge in [-0.3, -0.25) is 0 Å². The number of benzene rings is 1. The van der Waals surface area contributed by atoms with Crippen LogP contribution in [-0.4, -0.2) is 27.3 Å². The van der Waals surface area contributed by atoms with Gasteiger partial charge in [0.1, 0.15) is 0 Å². The molecular formula is C17H18ClN3O2S. The molecule has 0 saturated heterocycles. The van der Waals surface area contributed by atoms with E-state index in [4.69, 9.17) is 21.4 Å². The first-order chi connectivity index (χ1) is 11.5. The Morgan fingerprint density at radius 3 is 2.92 bits per heavy atom. The van der Waals surface area contributed by atoms with Crippen molar-refractivity contribution in [2.75, 3.05) is 6.61 Å². The highest BCUT2D eigenvalue weighted by Gasteiger charge is 2.18. The SMILES string of the molecule is CCOC(=O)c1csc(-n2nc(CC(C)C)c3ccc(Cl)cc32)n1. The molecule has 0 bridgehead atoms. The van der Waals surface area contributed by atoms with Crippen LogP contribution >= 0.6 is 22.9 Å². The third-order valence-electron chi connectivity index (χ3n) is 3.48. The molecule has 0 spiro atoms. The molecule has 5 nitrogen and oxygen atoms in total. The standard InChI is InChI=1S/C17H18ClN3O2S/c1-4-23-16(22)14-9-24-17(19-14)21-15-8-11(18)5-6-12(15)13(20-21)7-10(2)3/h5-6,8-10H,4,7H2,1-3H3. The minimum atomic E-state index is -0.420. The molecule has 2 aromatic heterocycles. The largest absolute Gasteiger partial charge is 0.461 e. The Kier molecular flexibility index (Phi) is 4.87. The zero-order valence-corrected chi connectivity index (χ0v) is 15.3. The van der Waals surface area contributed by atoms with Gasteiger partial charge < -0.3 is 4.74 Å². The van der Waals surface area contributed by atoms with Gasteiger partial charge in [0.2, 0.25) is 5.13 Å². The first-order valence-corrected chi connectivity index (χ1v) is 9.05. The molecule has 0 unspecified atom stereocenters. The van der Waals surface area contributed by atoms with Crippen molar-refractivity contribution >= 4 is 39.8 Å². The van der Waals surface area contributed by atoms with Crippen molar-refractivity contribution in [3.05, 3.63) is 40.0 Å². The predicted octanol–water partition coefficient (Wildman–Crippen LogP) is 4.51. The van der Waals surface area contributed by atoms with Crippen LogP contribution in [0.15, 0.2) is 23.6 Å². The molecule has 1 aromatic carbocycles. The highest BCUT2D eigenvalue weighted by atomic mass is 35.5. The molecule has 7 heteroatoms. The van der Waals surface area contributed by atoms with Crippen LogP contribution in [0.3, 0.4) is 0 Å². The number of hydrogen-bond donors (Lipinski definition) is 0. The quantitative estimate of drug-likeness (QED) is 0.626. The van der Waals surface area contributed by atoms with E-state index in [0.717, 1.165) is 23.0 Å². The van der Waals surface area contributed by atoms with E-state index in [1.807, 2.05) is 18.2 Å². The summed E-state index contributed by atoms with van der Waals surface area (Å²) in [5.41, 5.74) is 2.19. The van der Waals surface area contributed by atoms with E-state index in [1.165, 1.54) is 11.3 Å². The number of nitrogens with zero attached hydrogens (tertiary/aromatic N) is 3. The number of carbonyl (C=O) groups excluding carboxylic acids is 1. The molecule has 3 rings (SSSR count). The Bertz CT molecular complexity index is 885. The third-order valence-corrected chi connectivity index (χ3v) is 4.53. The van der Waals surface area contributed by atoms with Gasteiger partial charge in [-0.25, -0.2) is 14.5 Å². The molecule has 0 radical (unpaired) electrons. The molecule has 0 aliphatic rings. The Balaban J connectivity index is 2.08. The fourth-order valence-corrected chi connectivity index (χ4v) is 3.42. The zero-order valence-electron chi connectivity index (χ0n) is 13.7. The summed E-state index contributed by atoms with van der Waals surface area (Å²) in [4.78, 5) is 16.2. The maximum absolute atomic E-state index is 11.8. The molecule has 0 saturated carbocycles. The van der Waals surface area contributed by atoms with Gasteiger partial charge in [-0.1, -0.05) is 25.4 Å². The summed E-state index contributed by atoms with van der Waals surface area (Å²) < 4.78 is 6.75. The first kappa shape index (κ1) is 16.9. The van der Waals surface area contributed by atoms with Crippen molar-refractivity contribution in [1.82, 2.24) is 14.8 Å². The molecule has 0 aliphatic carbocycles. The summed E-state index contributed by atoms with van der Waals surface area (Å²) in [6.45, 7) is 6.41. The summed E-state index contributed by atoms with van der Waals surface area (Å²) in [5, 5.41) is 8.72. The smallest absolute Gasteiger partial charge is 0.357 e. The van der Waals surface area contributed by atoms with Crippen molar-refractivity contribution in [3.63, 3.8) is 0 Å². The van der Waals surface area contributed by atoms with Crippen LogP contribution in [0, 0.1) is 5.92 Å². The summed E-state index contributed by atoms with van der Waals surface area (Å²) in [6.07, 6.45) is 0.862. The first-order valence-electron chi connectivity index (χ1n) is 7.79. The van der Waals surface area contributed by atoms with E-state index in [2.05, 4.69) is 18.8 Å². The molecule has 0 amide bonds. The second kappa shape index (κ2) is 6.91. The van der Waals surface area contributed by atoms with Crippen LogP contribution in [0.5, 0.6) is 0 Å². The molecule has 0 fully saturated rings.